The van der Waals surface area contributed by atoms with E-state index in [-0.39, 0.29) is 0 Å². The van der Waals surface area contributed by atoms with Crippen LogP contribution in [0, 0.1) is 0 Å². The zero-order chi connectivity index (χ0) is 11.9. The topological polar surface area (TPSA) is 17.1 Å². The second-order valence-electron chi connectivity index (χ2n) is 3.99. The van der Waals surface area contributed by atoms with Gasteiger partial charge in [0.2, 0.25) is 0 Å². The lowest BCUT2D eigenvalue weighted by molar-refractivity contribution is 0.592. The first-order valence-corrected chi connectivity index (χ1v) is 7.92. The third kappa shape index (κ3) is 1.64. The molecular weight excluding hydrogens is 295 g/mol. The Bertz CT molecular complexity index is 646. The van der Waals surface area contributed by atoms with Gasteiger partial charge in [0, 0.05) is 20.7 Å². The van der Waals surface area contributed by atoms with E-state index in [1.807, 2.05) is 60.4 Å². The monoisotopic (exact) mass is 304 g/mol. The molecule has 1 aliphatic rings. The first kappa shape index (κ1) is 11.0. The average Bonchev–Trinajstić information content (AvgIpc) is 2.65. The minimum absolute atomic E-state index is 0.891. The predicted molar refractivity (Wildman–Crippen MR) is 76.7 cm³/mol. The molecule has 0 amide bonds. The summed E-state index contributed by atoms with van der Waals surface area (Å²) in [5, 5.41) is 1.82. The first-order valence-electron chi connectivity index (χ1n) is 5.35. The second-order valence-corrected chi connectivity index (χ2v) is 7.41. The summed E-state index contributed by atoms with van der Waals surface area (Å²) in [7, 11) is -2.58. The molecule has 0 spiro atoms. The summed E-state index contributed by atoms with van der Waals surface area (Å²) in [5.41, 5.74) is 1.04. The molecule has 0 saturated heterocycles. The van der Waals surface area contributed by atoms with E-state index in [0.717, 1.165) is 20.7 Å². The van der Waals surface area contributed by atoms with Crippen molar-refractivity contribution in [3.05, 3.63) is 66.0 Å². The van der Waals surface area contributed by atoms with Crippen LogP contribution in [-0.4, -0.2) is 0 Å². The fraction of sp³-hybridized carbons (Fsp3) is 0. The van der Waals surface area contributed by atoms with Gasteiger partial charge in [0.15, 0.2) is 7.14 Å². The zero-order valence-corrected chi connectivity index (χ0v) is 11.5. The lowest BCUT2D eigenvalue weighted by Crippen LogP contribution is -2.13. The first-order chi connectivity index (χ1) is 8.22. The molecule has 2 aromatic rings. The highest BCUT2D eigenvalue weighted by Crippen LogP contribution is 2.54. The van der Waals surface area contributed by atoms with Gasteiger partial charge in [-0.1, -0.05) is 54.6 Å². The van der Waals surface area contributed by atoms with Gasteiger partial charge in [0.25, 0.3) is 0 Å². The number of hydrogen-bond acceptors (Lipinski definition) is 1. The van der Waals surface area contributed by atoms with E-state index in [1.165, 1.54) is 0 Å². The van der Waals surface area contributed by atoms with Crippen molar-refractivity contribution in [2.24, 2.45) is 0 Å². The highest BCUT2D eigenvalue weighted by molar-refractivity contribution is 9.15. The molecule has 1 aliphatic heterocycles. The molecule has 0 aliphatic carbocycles. The van der Waals surface area contributed by atoms with Crippen LogP contribution in [0.5, 0.6) is 0 Å². The van der Waals surface area contributed by atoms with E-state index in [2.05, 4.69) is 15.9 Å². The van der Waals surface area contributed by atoms with Crippen LogP contribution >= 0.6 is 23.1 Å². The highest BCUT2D eigenvalue weighted by atomic mass is 79.9. The van der Waals surface area contributed by atoms with Crippen molar-refractivity contribution in [3.8, 4) is 0 Å². The van der Waals surface area contributed by atoms with E-state index in [9.17, 15) is 4.57 Å². The van der Waals surface area contributed by atoms with Gasteiger partial charge in [-0.05, 0) is 21.7 Å². The van der Waals surface area contributed by atoms with Gasteiger partial charge in [0.05, 0.1) is 0 Å². The Labute approximate surface area is 109 Å². The minimum Gasteiger partial charge on any atom is -0.309 e. The lowest BCUT2D eigenvalue weighted by atomic mass is 10.2. The molecular formula is C14H10BrOP. The molecule has 0 N–H and O–H groups in total. The van der Waals surface area contributed by atoms with Crippen molar-refractivity contribution in [2.75, 3.05) is 0 Å². The van der Waals surface area contributed by atoms with Gasteiger partial charge in [-0.3, -0.25) is 0 Å². The molecule has 0 aromatic heterocycles. The maximum atomic E-state index is 13.1. The molecule has 0 radical (unpaired) electrons. The summed E-state index contributed by atoms with van der Waals surface area (Å²) in [6, 6.07) is 17.5. The van der Waals surface area contributed by atoms with Crippen molar-refractivity contribution < 1.29 is 4.57 Å². The number of benzene rings is 2. The summed E-state index contributed by atoms with van der Waals surface area (Å²) in [6.07, 6.45) is 0. The largest absolute Gasteiger partial charge is 0.309 e. The number of rotatable bonds is 1. The Morgan fingerprint density at radius 3 is 2.29 bits per heavy atom. The van der Waals surface area contributed by atoms with E-state index in [4.69, 9.17) is 0 Å². The van der Waals surface area contributed by atoms with Crippen LogP contribution in [0.15, 0.2) is 60.4 Å². The van der Waals surface area contributed by atoms with E-state index < -0.39 is 7.14 Å². The van der Waals surface area contributed by atoms with Crippen LogP contribution in [0.1, 0.15) is 5.56 Å². The van der Waals surface area contributed by atoms with Crippen molar-refractivity contribution >= 4 is 38.2 Å². The van der Waals surface area contributed by atoms with Crippen LogP contribution in [-0.2, 0) is 4.57 Å². The fourth-order valence-electron chi connectivity index (χ4n) is 2.13. The molecule has 3 heteroatoms. The Morgan fingerprint density at radius 2 is 1.53 bits per heavy atom. The van der Waals surface area contributed by atoms with Crippen LogP contribution < -0.4 is 10.6 Å². The SMILES string of the molecule is O=P1(c2ccccc2)C=C(Br)c2ccccc21. The van der Waals surface area contributed by atoms with Crippen molar-refractivity contribution in [1.29, 1.82) is 0 Å². The molecule has 0 bridgehead atoms. The molecule has 0 fully saturated rings. The van der Waals surface area contributed by atoms with Crippen LogP contribution in [0.3, 0.4) is 0 Å². The van der Waals surface area contributed by atoms with Gasteiger partial charge in [-0.2, -0.15) is 0 Å². The average molecular weight is 305 g/mol. The third-order valence-corrected chi connectivity index (χ3v) is 6.76. The van der Waals surface area contributed by atoms with E-state index in [1.54, 1.807) is 0 Å². The molecule has 1 nitrogen and oxygen atoms in total. The Kier molecular flexibility index (Phi) is 2.57. The zero-order valence-electron chi connectivity index (χ0n) is 9.01. The van der Waals surface area contributed by atoms with Gasteiger partial charge >= 0.3 is 0 Å². The molecule has 3 rings (SSSR count). The van der Waals surface area contributed by atoms with Crippen LogP contribution in [0.4, 0.5) is 0 Å². The minimum atomic E-state index is -2.58. The third-order valence-electron chi connectivity index (χ3n) is 2.95. The predicted octanol–water partition coefficient (Wildman–Crippen LogP) is 3.71. The lowest BCUT2D eigenvalue weighted by Gasteiger charge is -2.11. The molecule has 1 heterocycles. The normalized spacial score (nSPS) is 22.1. The molecule has 17 heavy (non-hydrogen) atoms. The van der Waals surface area contributed by atoms with Gasteiger partial charge < -0.3 is 4.57 Å². The smallest absolute Gasteiger partial charge is 0.165 e. The molecule has 1 unspecified atom stereocenters. The van der Waals surface area contributed by atoms with Crippen LogP contribution in [0.25, 0.3) is 4.48 Å². The van der Waals surface area contributed by atoms with Crippen molar-refractivity contribution in [2.45, 2.75) is 0 Å². The van der Waals surface area contributed by atoms with Gasteiger partial charge in [-0.25, -0.2) is 0 Å². The summed E-state index contributed by atoms with van der Waals surface area (Å²) in [4.78, 5) is 0. The number of hydrogen-bond donors (Lipinski definition) is 0. The number of halogens is 1. The summed E-state index contributed by atoms with van der Waals surface area (Å²) in [5.74, 6) is 1.85. The maximum Gasteiger partial charge on any atom is 0.165 e. The Balaban J connectivity index is 2.28. The highest BCUT2D eigenvalue weighted by Gasteiger charge is 2.33. The number of fused-ring (bicyclic) bond motifs is 1. The van der Waals surface area contributed by atoms with Gasteiger partial charge in [0.1, 0.15) is 0 Å². The van der Waals surface area contributed by atoms with Gasteiger partial charge in [-0.15, -0.1) is 0 Å². The van der Waals surface area contributed by atoms with Crippen molar-refractivity contribution in [1.82, 2.24) is 0 Å². The fourth-order valence-corrected chi connectivity index (χ4v) is 5.99. The Hall–Kier alpha value is -1.11. The van der Waals surface area contributed by atoms with Crippen LogP contribution in [0.2, 0.25) is 0 Å². The maximum absolute atomic E-state index is 13.1. The van der Waals surface area contributed by atoms with E-state index >= 15 is 0 Å². The summed E-state index contributed by atoms with van der Waals surface area (Å²) in [6.45, 7) is 0. The van der Waals surface area contributed by atoms with E-state index in [0.29, 0.717) is 0 Å². The quantitative estimate of drug-likeness (QED) is 0.734. The molecule has 2 aromatic carbocycles. The standard InChI is InChI=1S/C14H10BrOP/c15-13-10-17(16,11-6-2-1-3-7-11)14-9-5-4-8-12(13)14/h1-10H. The molecule has 84 valence electrons. The Morgan fingerprint density at radius 1 is 0.882 bits per heavy atom. The summed E-state index contributed by atoms with van der Waals surface area (Å²) < 4.78 is 14.1. The molecule has 1 atom stereocenters. The second kappa shape index (κ2) is 3.97. The summed E-state index contributed by atoms with van der Waals surface area (Å²) >= 11 is 3.50. The van der Waals surface area contributed by atoms with Crippen molar-refractivity contribution in [3.63, 3.8) is 0 Å². The molecule has 0 saturated carbocycles.